The Morgan fingerprint density at radius 2 is 1.97 bits per heavy atom. The molecule has 1 aliphatic rings. The summed E-state index contributed by atoms with van der Waals surface area (Å²) in [7, 11) is 0. The van der Waals surface area contributed by atoms with Crippen LogP contribution in [-0.4, -0.2) is 47.8 Å². The number of imidazole rings is 1. The molecule has 0 aliphatic carbocycles. The maximum Gasteiger partial charge on any atom is 0.155 e. The number of fused-ring (bicyclic) bond motifs is 2. The molecular formula is C22H22N8. The first-order valence-electron chi connectivity index (χ1n) is 10.3. The van der Waals surface area contributed by atoms with E-state index in [0.29, 0.717) is 5.92 Å². The Morgan fingerprint density at radius 1 is 1.07 bits per heavy atom. The quantitative estimate of drug-likeness (QED) is 0.432. The predicted molar refractivity (Wildman–Crippen MR) is 116 cm³/mol. The predicted octanol–water partition coefficient (Wildman–Crippen LogP) is 3.46. The summed E-state index contributed by atoms with van der Waals surface area (Å²) >= 11 is 0. The van der Waals surface area contributed by atoms with Crippen LogP contribution in [0.25, 0.3) is 39.1 Å². The maximum absolute atomic E-state index is 4.65. The molecule has 1 aliphatic heterocycles. The smallest absolute Gasteiger partial charge is 0.155 e. The van der Waals surface area contributed by atoms with Crippen LogP contribution in [0.15, 0.2) is 43.1 Å². The SMILES string of the molecule is Cc1cn(-c2nccc3[nH]c(-c4n[nH]c5ncc(C6CCNCC6)cc45)cc23)cn1. The summed E-state index contributed by atoms with van der Waals surface area (Å²) in [4.78, 5) is 17.1. The molecule has 1 saturated heterocycles. The molecule has 0 atom stereocenters. The molecule has 150 valence electrons. The summed E-state index contributed by atoms with van der Waals surface area (Å²) < 4.78 is 1.95. The molecule has 1 fully saturated rings. The van der Waals surface area contributed by atoms with Crippen molar-refractivity contribution in [1.82, 2.24) is 40.0 Å². The van der Waals surface area contributed by atoms with Gasteiger partial charge in [0.15, 0.2) is 5.65 Å². The number of piperidine rings is 1. The van der Waals surface area contributed by atoms with Gasteiger partial charge in [0.25, 0.3) is 0 Å². The number of hydrogen-bond donors (Lipinski definition) is 3. The van der Waals surface area contributed by atoms with E-state index in [1.807, 2.05) is 36.1 Å². The monoisotopic (exact) mass is 398 g/mol. The number of aromatic nitrogens is 7. The van der Waals surface area contributed by atoms with Gasteiger partial charge in [0, 0.05) is 29.4 Å². The van der Waals surface area contributed by atoms with Crippen LogP contribution in [0.5, 0.6) is 0 Å². The van der Waals surface area contributed by atoms with Crippen molar-refractivity contribution in [2.45, 2.75) is 25.7 Å². The van der Waals surface area contributed by atoms with Crippen molar-refractivity contribution in [1.29, 1.82) is 0 Å². The van der Waals surface area contributed by atoms with Gasteiger partial charge in [0.1, 0.15) is 17.8 Å². The van der Waals surface area contributed by atoms with E-state index in [1.54, 1.807) is 6.33 Å². The summed E-state index contributed by atoms with van der Waals surface area (Å²) in [5.74, 6) is 1.40. The zero-order valence-electron chi connectivity index (χ0n) is 16.7. The van der Waals surface area contributed by atoms with Crippen LogP contribution in [0.1, 0.15) is 30.0 Å². The van der Waals surface area contributed by atoms with Gasteiger partial charge in [-0.15, -0.1) is 0 Å². The zero-order chi connectivity index (χ0) is 20.1. The Balaban J connectivity index is 1.47. The second kappa shape index (κ2) is 6.77. The molecule has 0 saturated carbocycles. The lowest BCUT2D eigenvalue weighted by Gasteiger charge is -2.22. The second-order valence-corrected chi connectivity index (χ2v) is 7.96. The molecule has 8 heteroatoms. The highest BCUT2D eigenvalue weighted by Crippen LogP contribution is 2.33. The van der Waals surface area contributed by atoms with E-state index in [9.17, 15) is 0 Å². The number of H-pyrrole nitrogens is 2. The Bertz CT molecular complexity index is 1350. The molecule has 0 amide bonds. The molecular weight excluding hydrogens is 376 g/mol. The van der Waals surface area contributed by atoms with Crippen LogP contribution in [0, 0.1) is 6.92 Å². The molecule has 0 bridgehead atoms. The van der Waals surface area contributed by atoms with Crippen molar-refractivity contribution in [3.8, 4) is 17.2 Å². The first-order valence-corrected chi connectivity index (χ1v) is 10.3. The highest BCUT2D eigenvalue weighted by molar-refractivity contribution is 5.96. The van der Waals surface area contributed by atoms with E-state index in [-0.39, 0.29) is 0 Å². The number of aromatic amines is 2. The standard InChI is InChI=1S/C22H22N8/c1-13-11-30(12-26-13)22-16-9-19(27-18(16)4-7-24-22)20-17-8-15(10-25-21(17)29-28-20)14-2-5-23-6-3-14/h4,7-12,14,23,27H,2-3,5-6H2,1H3,(H,25,28,29). The molecule has 0 spiro atoms. The number of hydrogen-bond acceptors (Lipinski definition) is 5. The van der Waals surface area contributed by atoms with Gasteiger partial charge >= 0.3 is 0 Å². The van der Waals surface area contributed by atoms with Gasteiger partial charge in [-0.1, -0.05) is 0 Å². The van der Waals surface area contributed by atoms with Gasteiger partial charge < -0.3 is 10.3 Å². The fourth-order valence-corrected chi connectivity index (χ4v) is 4.41. The topological polar surface area (TPSA) is 100 Å². The molecule has 5 aromatic rings. The third kappa shape index (κ3) is 2.80. The van der Waals surface area contributed by atoms with Crippen LogP contribution in [0.2, 0.25) is 0 Å². The second-order valence-electron chi connectivity index (χ2n) is 7.96. The summed E-state index contributed by atoms with van der Waals surface area (Å²) in [6.07, 6.45) is 9.87. The van der Waals surface area contributed by atoms with Crippen LogP contribution in [0.4, 0.5) is 0 Å². The van der Waals surface area contributed by atoms with Crippen molar-refractivity contribution < 1.29 is 0 Å². The highest BCUT2D eigenvalue weighted by Gasteiger charge is 2.19. The summed E-state index contributed by atoms with van der Waals surface area (Å²) in [6, 6.07) is 6.35. The van der Waals surface area contributed by atoms with Crippen LogP contribution in [-0.2, 0) is 0 Å². The van der Waals surface area contributed by atoms with Crippen LogP contribution < -0.4 is 5.32 Å². The Morgan fingerprint density at radius 3 is 2.80 bits per heavy atom. The minimum absolute atomic E-state index is 0.550. The van der Waals surface area contributed by atoms with Gasteiger partial charge in [-0.05, 0) is 62.5 Å². The van der Waals surface area contributed by atoms with Gasteiger partial charge in [0.2, 0.25) is 0 Å². The molecule has 8 nitrogen and oxygen atoms in total. The van der Waals surface area contributed by atoms with Crippen LogP contribution >= 0.6 is 0 Å². The van der Waals surface area contributed by atoms with E-state index in [2.05, 4.69) is 47.6 Å². The molecule has 0 radical (unpaired) electrons. The lowest BCUT2D eigenvalue weighted by atomic mass is 9.91. The average molecular weight is 398 g/mol. The lowest BCUT2D eigenvalue weighted by molar-refractivity contribution is 0.460. The lowest BCUT2D eigenvalue weighted by Crippen LogP contribution is -2.26. The highest BCUT2D eigenvalue weighted by atomic mass is 15.2. The molecule has 0 aromatic carbocycles. The van der Waals surface area contributed by atoms with Gasteiger partial charge in [-0.3, -0.25) is 9.67 Å². The van der Waals surface area contributed by atoms with Gasteiger partial charge in [-0.2, -0.15) is 5.10 Å². The molecule has 6 heterocycles. The molecule has 5 aromatic heterocycles. The first-order chi connectivity index (χ1) is 14.8. The first kappa shape index (κ1) is 17.3. The fourth-order valence-electron chi connectivity index (χ4n) is 4.41. The normalized spacial score (nSPS) is 15.4. The molecule has 0 unspecified atom stereocenters. The van der Waals surface area contributed by atoms with Gasteiger partial charge in [-0.25, -0.2) is 15.0 Å². The van der Waals surface area contributed by atoms with E-state index in [1.165, 1.54) is 5.56 Å². The summed E-state index contributed by atoms with van der Waals surface area (Å²) in [6.45, 7) is 4.10. The fraction of sp³-hybridized carbons (Fsp3) is 0.273. The maximum atomic E-state index is 4.65. The number of nitrogens with one attached hydrogen (secondary N) is 3. The van der Waals surface area contributed by atoms with E-state index in [4.69, 9.17) is 0 Å². The molecule has 3 N–H and O–H groups in total. The third-order valence-corrected chi connectivity index (χ3v) is 5.99. The largest absolute Gasteiger partial charge is 0.353 e. The van der Waals surface area contributed by atoms with E-state index < -0.39 is 0 Å². The zero-order valence-corrected chi connectivity index (χ0v) is 16.7. The number of nitrogens with zero attached hydrogens (tertiary/aromatic N) is 5. The van der Waals surface area contributed by atoms with Crippen molar-refractivity contribution in [3.63, 3.8) is 0 Å². The number of aryl methyl sites for hydroxylation is 1. The van der Waals surface area contributed by atoms with E-state index in [0.717, 1.165) is 70.8 Å². The third-order valence-electron chi connectivity index (χ3n) is 5.99. The molecule has 30 heavy (non-hydrogen) atoms. The van der Waals surface area contributed by atoms with Gasteiger partial charge in [0.05, 0.1) is 16.9 Å². The average Bonchev–Trinajstić information content (AvgIpc) is 3.51. The Hall–Kier alpha value is -3.52. The number of rotatable bonds is 3. The van der Waals surface area contributed by atoms with Crippen LogP contribution in [0.3, 0.4) is 0 Å². The number of pyridine rings is 2. The minimum atomic E-state index is 0.550. The van der Waals surface area contributed by atoms with Crippen molar-refractivity contribution >= 4 is 21.9 Å². The van der Waals surface area contributed by atoms with Crippen molar-refractivity contribution in [2.75, 3.05) is 13.1 Å². The van der Waals surface area contributed by atoms with Crippen molar-refractivity contribution in [2.24, 2.45) is 0 Å². The summed E-state index contributed by atoms with van der Waals surface area (Å²) in [5, 5.41) is 13.2. The Kier molecular flexibility index (Phi) is 3.92. The molecule has 6 rings (SSSR count). The summed E-state index contributed by atoms with van der Waals surface area (Å²) in [5.41, 5.74) is 5.91. The van der Waals surface area contributed by atoms with E-state index >= 15 is 0 Å². The van der Waals surface area contributed by atoms with Crippen molar-refractivity contribution in [3.05, 3.63) is 54.4 Å². The Labute approximate surface area is 172 Å². The minimum Gasteiger partial charge on any atom is -0.353 e.